The minimum atomic E-state index is -4.24. The van der Waals surface area contributed by atoms with Gasteiger partial charge in [-0.2, -0.15) is 13.2 Å². The van der Waals surface area contributed by atoms with Gasteiger partial charge in [0.15, 0.2) is 0 Å². The predicted octanol–water partition coefficient (Wildman–Crippen LogP) is 2.72. The summed E-state index contributed by atoms with van der Waals surface area (Å²) in [4.78, 5) is 1.48. The van der Waals surface area contributed by atoms with Crippen LogP contribution in [0.1, 0.15) is 31.2 Å². The number of hydrogen-bond acceptors (Lipinski definition) is 3. The van der Waals surface area contributed by atoms with Crippen molar-refractivity contribution in [3.05, 3.63) is 35.9 Å². The number of fused-ring (bicyclic) bond motifs is 1. The Balaban J connectivity index is 1.65. The van der Waals surface area contributed by atoms with Gasteiger partial charge < -0.3 is 10.8 Å². The van der Waals surface area contributed by atoms with Crippen LogP contribution in [0.15, 0.2) is 30.3 Å². The van der Waals surface area contributed by atoms with Gasteiger partial charge >= 0.3 is 6.18 Å². The Labute approximate surface area is 140 Å². The molecule has 3 N–H and O–H groups in total. The first kappa shape index (κ1) is 17.7. The van der Waals surface area contributed by atoms with Crippen molar-refractivity contribution in [1.29, 1.82) is 0 Å². The van der Waals surface area contributed by atoms with E-state index in [0.29, 0.717) is 6.42 Å². The molecule has 6 heteroatoms. The van der Waals surface area contributed by atoms with Crippen molar-refractivity contribution >= 4 is 0 Å². The maximum atomic E-state index is 13.4. The molecule has 0 spiro atoms. The number of nitrogens with two attached hydrogens (primary N) is 1. The molecule has 0 aromatic heterocycles. The van der Waals surface area contributed by atoms with E-state index in [9.17, 15) is 18.3 Å². The number of alkyl halides is 3. The number of halogens is 3. The molecule has 1 saturated heterocycles. The van der Waals surface area contributed by atoms with Crippen molar-refractivity contribution in [2.24, 2.45) is 11.7 Å². The summed E-state index contributed by atoms with van der Waals surface area (Å²) >= 11 is 0. The van der Waals surface area contributed by atoms with Crippen LogP contribution in [0.4, 0.5) is 13.2 Å². The van der Waals surface area contributed by atoms with Crippen LogP contribution in [0.25, 0.3) is 0 Å². The van der Waals surface area contributed by atoms with Gasteiger partial charge in [0.1, 0.15) is 6.04 Å². The molecule has 0 unspecified atom stereocenters. The molecule has 1 aliphatic carbocycles. The average Bonchev–Trinajstić information content (AvgIpc) is 3.10. The lowest BCUT2D eigenvalue weighted by atomic mass is 10.0. The molecule has 0 bridgehead atoms. The van der Waals surface area contributed by atoms with Crippen LogP contribution in [0, 0.1) is 5.92 Å². The minimum Gasteiger partial charge on any atom is -0.390 e. The summed E-state index contributed by atoms with van der Waals surface area (Å²) in [6, 6.07) is 7.42. The summed E-state index contributed by atoms with van der Waals surface area (Å²) in [7, 11) is 0. The number of nitrogens with zero attached hydrogens (tertiary/aromatic N) is 1. The van der Waals surface area contributed by atoms with Gasteiger partial charge in [0.25, 0.3) is 0 Å². The first-order valence-corrected chi connectivity index (χ1v) is 8.66. The quantitative estimate of drug-likeness (QED) is 0.865. The summed E-state index contributed by atoms with van der Waals surface area (Å²) < 4.78 is 40.1. The van der Waals surface area contributed by atoms with Crippen LogP contribution in [-0.2, 0) is 6.42 Å². The zero-order valence-electron chi connectivity index (χ0n) is 13.6. The number of rotatable bonds is 5. The SMILES string of the molecule is N[C@@H](Cc1ccccc1)[C@H](O)CN1[C@H](C(F)(F)F)C[C@@H]2CCC[C@@H]21. The molecule has 1 aromatic carbocycles. The predicted molar refractivity (Wildman–Crippen MR) is 86.4 cm³/mol. The Hall–Kier alpha value is -1.11. The third-order valence-electron chi connectivity index (χ3n) is 5.56. The van der Waals surface area contributed by atoms with E-state index in [0.717, 1.165) is 24.8 Å². The van der Waals surface area contributed by atoms with Crippen molar-refractivity contribution in [1.82, 2.24) is 4.90 Å². The monoisotopic (exact) mass is 342 g/mol. The fraction of sp³-hybridized carbons (Fsp3) is 0.667. The fourth-order valence-corrected chi connectivity index (χ4v) is 4.34. The zero-order valence-corrected chi connectivity index (χ0v) is 13.6. The van der Waals surface area contributed by atoms with Crippen molar-refractivity contribution in [2.75, 3.05) is 6.54 Å². The summed E-state index contributed by atoms with van der Waals surface area (Å²) in [6.45, 7) is -0.000651. The van der Waals surface area contributed by atoms with E-state index in [1.54, 1.807) is 0 Å². The highest BCUT2D eigenvalue weighted by molar-refractivity contribution is 5.16. The fourth-order valence-electron chi connectivity index (χ4n) is 4.34. The maximum Gasteiger partial charge on any atom is 0.404 e. The minimum absolute atomic E-state index is 0.000651. The lowest BCUT2D eigenvalue weighted by Gasteiger charge is -2.34. The van der Waals surface area contributed by atoms with Crippen molar-refractivity contribution < 1.29 is 18.3 Å². The van der Waals surface area contributed by atoms with E-state index in [-0.39, 0.29) is 24.9 Å². The molecule has 1 aliphatic heterocycles. The molecular formula is C18H25F3N2O. The molecule has 134 valence electrons. The summed E-state index contributed by atoms with van der Waals surface area (Å²) in [6.07, 6.45) is -1.96. The van der Waals surface area contributed by atoms with Gasteiger partial charge in [-0.3, -0.25) is 4.90 Å². The molecule has 0 radical (unpaired) electrons. The number of aliphatic hydroxyl groups excluding tert-OH is 1. The first-order chi connectivity index (χ1) is 11.4. The number of benzene rings is 1. The average molecular weight is 342 g/mol. The molecule has 5 atom stereocenters. The second-order valence-corrected chi connectivity index (χ2v) is 7.17. The number of hydrogen-bond donors (Lipinski definition) is 2. The first-order valence-electron chi connectivity index (χ1n) is 8.66. The highest BCUT2D eigenvalue weighted by atomic mass is 19.4. The van der Waals surface area contributed by atoms with E-state index in [1.807, 2.05) is 30.3 Å². The van der Waals surface area contributed by atoms with E-state index in [1.165, 1.54) is 4.90 Å². The van der Waals surface area contributed by atoms with Crippen molar-refractivity contribution in [2.45, 2.75) is 62.5 Å². The number of aliphatic hydroxyl groups is 1. The highest BCUT2D eigenvalue weighted by Gasteiger charge is 2.54. The molecule has 2 fully saturated rings. The van der Waals surface area contributed by atoms with Gasteiger partial charge in [0.05, 0.1) is 6.10 Å². The Morgan fingerprint density at radius 2 is 1.92 bits per heavy atom. The molecule has 3 rings (SSSR count). The summed E-state index contributed by atoms with van der Waals surface area (Å²) in [5.41, 5.74) is 7.04. The molecule has 1 aromatic rings. The van der Waals surface area contributed by atoms with Crippen LogP contribution in [0.2, 0.25) is 0 Å². The Kier molecular flexibility index (Phi) is 5.18. The van der Waals surface area contributed by atoms with E-state index < -0.39 is 24.4 Å². The largest absolute Gasteiger partial charge is 0.404 e. The van der Waals surface area contributed by atoms with Crippen LogP contribution >= 0.6 is 0 Å². The number of β-amino-alcohol motifs (C(OH)–C–C–N with tert-alkyl or cyclic N) is 1. The summed E-state index contributed by atoms with van der Waals surface area (Å²) in [5.74, 6) is 0.106. The van der Waals surface area contributed by atoms with Crippen molar-refractivity contribution in [3.63, 3.8) is 0 Å². The van der Waals surface area contributed by atoms with Gasteiger partial charge in [-0.05, 0) is 37.2 Å². The third-order valence-corrected chi connectivity index (χ3v) is 5.56. The topological polar surface area (TPSA) is 49.5 Å². The van der Waals surface area contributed by atoms with E-state index in [4.69, 9.17) is 5.73 Å². The van der Waals surface area contributed by atoms with Gasteiger partial charge in [-0.1, -0.05) is 36.8 Å². The van der Waals surface area contributed by atoms with Gasteiger partial charge in [-0.25, -0.2) is 0 Å². The molecule has 3 nitrogen and oxygen atoms in total. The maximum absolute atomic E-state index is 13.4. The summed E-state index contributed by atoms with van der Waals surface area (Å²) in [5, 5.41) is 10.4. The normalized spacial score (nSPS) is 30.3. The van der Waals surface area contributed by atoms with Crippen LogP contribution in [0.5, 0.6) is 0 Å². The van der Waals surface area contributed by atoms with Crippen molar-refractivity contribution in [3.8, 4) is 0 Å². The van der Waals surface area contributed by atoms with Gasteiger partial charge in [-0.15, -0.1) is 0 Å². The molecular weight excluding hydrogens is 317 g/mol. The third kappa shape index (κ3) is 3.76. The number of likely N-dealkylation sites (tertiary alicyclic amines) is 1. The Bertz CT molecular complexity index is 537. The molecule has 0 amide bonds. The van der Waals surface area contributed by atoms with Gasteiger partial charge in [0.2, 0.25) is 0 Å². The van der Waals surface area contributed by atoms with E-state index >= 15 is 0 Å². The lowest BCUT2D eigenvalue weighted by Crippen LogP contribution is -2.51. The Morgan fingerprint density at radius 1 is 1.21 bits per heavy atom. The molecule has 2 aliphatic rings. The van der Waals surface area contributed by atoms with E-state index in [2.05, 4.69) is 0 Å². The smallest absolute Gasteiger partial charge is 0.390 e. The lowest BCUT2D eigenvalue weighted by molar-refractivity contribution is -0.182. The molecule has 1 heterocycles. The van der Waals surface area contributed by atoms with Gasteiger partial charge in [0, 0.05) is 18.6 Å². The molecule has 1 saturated carbocycles. The Morgan fingerprint density at radius 3 is 2.58 bits per heavy atom. The second kappa shape index (κ2) is 7.02. The second-order valence-electron chi connectivity index (χ2n) is 7.17. The van der Waals surface area contributed by atoms with Crippen LogP contribution < -0.4 is 5.73 Å². The van der Waals surface area contributed by atoms with Crippen LogP contribution in [0.3, 0.4) is 0 Å². The standard InChI is InChI=1S/C18H25F3N2O/c19-18(20,21)17-10-13-7-4-8-15(13)23(17)11-16(24)14(22)9-12-5-2-1-3-6-12/h1-3,5-6,13-17,24H,4,7-11,22H2/t13-,14-,15-,16+,17-/m0/s1. The van der Waals surface area contributed by atoms with Crippen LogP contribution in [-0.4, -0.2) is 47.0 Å². The zero-order chi connectivity index (χ0) is 17.3. The highest BCUT2D eigenvalue weighted by Crippen LogP contribution is 2.46. The molecule has 24 heavy (non-hydrogen) atoms.